The predicted octanol–water partition coefficient (Wildman–Crippen LogP) is 19.3. The Labute approximate surface area is 518 Å². The van der Waals surface area contributed by atoms with Crippen molar-refractivity contribution >= 4 is 132 Å². The quantitative estimate of drug-likeness (QED) is 0.144. The molecule has 13 aromatic carbocycles. The van der Waals surface area contributed by atoms with E-state index in [1.54, 1.807) is 12.1 Å². The second kappa shape index (κ2) is 22.2. The second-order valence-corrected chi connectivity index (χ2v) is 23.7. The smallest absolute Gasteiger partial charge is 0.321 e. The lowest BCUT2D eigenvalue weighted by atomic mass is 9.92. The van der Waals surface area contributed by atoms with Gasteiger partial charge in [0.25, 0.3) is 0 Å². The molecular formula is C73H50Cl3N9O3. The van der Waals surface area contributed by atoms with Crippen molar-refractivity contribution in [2.45, 2.75) is 63.6 Å². The van der Waals surface area contributed by atoms with Crippen molar-refractivity contribution in [1.29, 1.82) is 0 Å². The summed E-state index contributed by atoms with van der Waals surface area (Å²) in [6.07, 6.45) is 9.06. The maximum absolute atomic E-state index is 10.5. The topological polar surface area (TPSA) is 155 Å². The Balaban J connectivity index is 0.000000108. The lowest BCUT2D eigenvalue weighted by Gasteiger charge is -2.16. The molecule has 0 bridgehead atoms. The first kappa shape index (κ1) is 53.7. The van der Waals surface area contributed by atoms with Gasteiger partial charge in [-0.25, -0.2) is 4.98 Å². The molecule has 12 nitrogen and oxygen atoms in total. The van der Waals surface area contributed by atoms with E-state index in [0.717, 1.165) is 71.4 Å². The van der Waals surface area contributed by atoms with Crippen molar-refractivity contribution in [3.05, 3.63) is 204 Å². The highest BCUT2D eigenvalue weighted by atomic mass is 35.5. The summed E-state index contributed by atoms with van der Waals surface area (Å²) in [6.45, 7) is 0. The van der Waals surface area contributed by atoms with Gasteiger partial charge in [-0.15, -0.1) is 0 Å². The summed E-state index contributed by atoms with van der Waals surface area (Å²) in [6, 6.07) is 65.2. The monoisotopic (exact) mass is 1210 g/mol. The first-order valence-electron chi connectivity index (χ1n) is 29.6. The third kappa shape index (κ3) is 9.78. The van der Waals surface area contributed by atoms with Crippen LogP contribution in [0, 0.1) is 0 Å². The molecule has 2 aliphatic rings. The Morgan fingerprint density at radius 3 is 0.989 bits per heavy atom. The van der Waals surface area contributed by atoms with E-state index in [9.17, 15) is 5.11 Å². The maximum atomic E-state index is 10.5. The van der Waals surface area contributed by atoms with Crippen molar-refractivity contribution in [1.82, 2.24) is 44.9 Å². The predicted molar refractivity (Wildman–Crippen MR) is 355 cm³/mol. The molecule has 426 valence electrons. The highest BCUT2D eigenvalue weighted by Gasteiger charge is 2.24. The fourth-order valence-electron chi connectivity index (χ4n) is 13.4. The zero-order chi connectivity index (χ0) is 59.0. The minimum absolute atomic E-state index is 0.0932. The van der Waals surface area contributed by atoms with Gasteiger partial charge in [-0.2, -0.15) is 39.9 Å². The number of aromatic nitrogens is 9. The average molecular weight is 1210 g/mol. The van der Waals surface area contributed by atoms with Crippen LogP contribution >= 0.6 is 34.8 Å². The molecule has 0 amide bonds. The van der Waals surface area contributed by atoms with Crippen molar-refractivity contribution in [2.75, 3.05) is 0 Å². The number of phenolic OH excluding ortho intramolecular Hbond substituents is 1. The SMILES string of the molecule is Clc1nc(Cl)nc(-c2ccc3ccc4cccc5ccc2c3c45)n1.Clc1nc(OC2CCCC2)nc(-c2ccc3ccc4cccc5ccc2c3c45)n1.Oc1ccccc1-c1nc(OC2CCCC2)nc(-c2ccc3ccc4cccc5ccc2c3c45)n1. The molecule has 2 saturated carbocycles. The zero-order valence-electron chi connectivity index (χ0n) is 47.1. The summed E-state index contributed by atoms with van der Waals surface area (Å²) >= 11 is 18.2. The summed E-state index contributed by atoms with van der Waals surface area (Å²) in [5, 5.41) is 32.5. The van der Waals surface area contributed by atoms with Gasteiger partial charge in [-0.3, -0.25) is 0 Å². The van der Waals surface area contributed by atoms with Gasteiger partial charge < -0.3 is 14.6 Å². The summed E-state index contributed by atoms with van der Waals surface area (Å²) in [5.74, 6) is 2.12. The van der Waals surface area contributed by atoms with Gasteiger partial charge in [0.15, 0.2) is 23.3 Å². The molecule has 0 atom stereocenters. The molecule has 2 fully saturated rings. The van der Waals surface area contributed by atoms with Crippen LogP contribution in [-0.4, -0.2) is 62.2 Å². The molecule has 16 aromatic rings. The lowest BCUT2D eigenvalue weighted by Crippen LogP contribution is -2.14. The summed E-state index contributed by atoms with van der Waals surface area (Å²) < 4.78 is 12.2. The van der Waals surface area contributed by atoms with Crippen LogP contribution in [-0.2, 0) is 0 Å². The van der Waals surface area contributed by atoms with Gasteiger partial charge in [-0.1, -0.05) is 158 Å². The summed E-state index contributed by atoms with van der Waals surface area (Å²) in [4.78, 5) is 39.8. The highest BCUT2D eigenvalue weighted by molar-refractivity contribution is 6.32. The minimum atomic E-state index is 0.0932. The van der Waals surface area contributed by atoms with Crippen LogP contribution in [0.4, 0.5) is 0 Å². The van der Waals surface area contributed by atoms with E-state index in [1.165, 1.54) is 93.6 Å². The van der Waals surface area contributed by atoms with Gasteiger partial charge in [0.1, 0.15) is 18.0 Å². The second-order valence-electron chi connectivity index (χ2n) is 22.6. The van der Waals surface area contributed by atoms with Crippen LogP contribution in [0.15, 0.2) is 188 Å². The molecule has 3 aromatic heterocycles. The molecule has 0 spiro atoms. The zero-order valence-corrected chi connectivity index (χ0v) is 49.4. The molecular weight excluding hydrogens is 1160 g/mol. The van der Waals surface area contributed by atoms with Gasteiger partial charge in [0, 0.05) is 16.7 Å². The third-order valence-electron chi connectivity index (χ3n) is 17.4. The fourth-order valence-corrected chi connectivity index (χ4v) is 13.9. The summed E-state index contributed by atoms with van der Waals surface area (Å²) in [7, 11) is 0. The van der Waals surface area contributed by atoms with Crippen molar-refractivity contribution in [2.24, 2.45) is 0 Å². The number of nitrogens with zero attached hydrogens (tertiary/aromatic N) is 9. The number of aromatic hydroxyl groups is 1. The molecule has 15 heteroatoms. The lowest BCUT2D eigenvalue weighted by molar-refractivity contribution is 0.191. The molecule has 3 heterocycles. The van der Waals surface area contributed by atoms with Crippen molar-refractivity contribution in [3.8, 4) is 63.3 Å². The Hall–Kier alpha value is -9.72. The standard InChI is InChI=1S/C30H23N3O2.C24H18ClN3O.C19H9Cl2N3/c34-25-11-4-3-10-24(25)29-31-28(32-30(33-29)35-21-8-1-2-9-21)23-17-15-20-13-12-18-6-5-7-19-14-16-22(23)27(20)26(18)19;25-23-26-22(27-24(28-23)29-17-6-1-2-7-17)19-13-11-16-9-8-14-4-3-5-15-10-12-18(19)21(16)20(14)15;20-18-22-17(23-19(21)24-18)14-9-7-12-5-4-10-2-1-3-11-6-8-13(14)16(12)15(10)11/h3-7,10-17,21,34H,1-2,8-9H2;3-5,8-13,17H,1-2,6-7H2;1-9H. The van der Waals surface area contributed by atoms with Crippen molar-refractivity contribution in [3.63, 3.8) is 0 Å². The molecule has 2 aliphatic carbocycles. The van der Waals surface area contributed by atoms with Crippen LogP contribution in [0.2, 0.25) is 15.9 Å². The van der Waals surface area contributed by atoms with E-state index < -0.39 is 0 Å². The van der Waals surface area contributed by atoms with Crippen LogP contribution < -0.4 is 9.47 Å². The number of hydrogen-bond acceptors (Lipinski definition) is 12. The van der Waals surface area contributed by atoms with E-state index >= 15 is 0 Å². The number of hydrogen-bond donors (Lipinski definition) is 1. The number of rotatable bonds is 8. The molecule has 1 N–H and O–H groups in total. The first-order valence-corrected chi connectivity index (χ1v) is 30.7. The number of benzene rings is 13. The first-order chi connectivity index (χ1) is 43.2. The van der Waals surface area contributed by atoms with Gasteiger partial charge >= 0.3 is 12.0 Å². The molecule has 18 rings (SSSR count). The van der Waals surface area contributed by atoms with Crippen molar-refractivity contribution < 1.29 is 14.6 Å². The largest absolute Gasteiger partial charge is 0.507 e. The average Bonchev–Trinajstić information content (AvgIpc) is 1.25. The Bertz CT molecular complexity index is 5280. The third-order valence-corrected chi connectivity index (χ3v) is 17.9. The molecule has 0 aliphatic heterocycles. The van der Waals surface area contributed by atoms with E-state index in [4.69, 9.17) is 54.2 Å². The van der Waals surface area contributed by atoms with Gasteiger partial charge in [0.05, 0.1) is 5.56 Å². The number of halogens is 3. The Morgan fingerprint density at radius 1 is 0.284 bits per heavy atom. The normalized spacial score (nSPS) is 13.9. The molecule has 0 saturated heterocycles. The van der Waals surface area contributed by atoms with Crippen LogP contribution in [0.25, 0.3) is 143 Å². The van der Waals surface area contributed by atoms with Crippen LogP contribution in [0.3, 0.4) is 0 Å². The Morgan fingerprint density at radius 2 is 0.591 bits per heavy atom. The number of phenols is 1. The Kier molecular flexibility index (Phi) is 13.6. The molecule has 0 radical (unpaired) electrons. The molecule has 88 heavy (non-hydrogen) atoms. The molecule has 0 unspecified atom stereocenters. The fraction of sp³-hybridized carbons (Fsp3) is 0.137. The number of ether oxygens (including phenoxy) is 2. The van der Waals surface area contributed by atoms with E-state index in [2.05, 4.69) is 193 Å². The van der Waals surface area contributed by atoms with Crippen LogP contribution in [0.1, 0.15) is 51.4 Å². The van der Waals surface area contributed by atoms with E-state index in [0.29, 0.717) is 40.9 Å². The number of para-hydroxylation sites is 1. The van der Waals surface area contributed by atoms with Gasteiger partial charge in [-0.05, 0) is 213 Å². The maximum Gasteiger partial charge on any atom is 0.321 e. The highest BCUT2D eigenvalue weighted by Crippen LogP contribution is 2.43. The van der Waals surface area contributed by atoms with E-state index in [1.807, 2.05) is 18.2 Å². The van der Waals surface area contributed by atoms with Crippen LogP contribution in [0.5, 0.6) is 17.8 Å². The van der Waals surface area contributed by atoms with Gasteiger partial charge in [0.2, 0.25) is 15.9 Å². The minimum Gasteiger partial charge on any atom is -0.507 e. The summed E-state index contributed by atoms with van der Waals surface area (Å²) in [5.41, 5.74) is 3.32. The van der Waals surface area contributed by atoms with E-state index in [-0.39, 0.29) is 33.8 Å².